The Balaban J connectivity index is 2.68. The third-order valence-corrected chi connectivity index (χ3v) is 3.91. The van der Waals surface area contributed by atoms with Gasteiger partial charge in [-0.25, -0.2) is 9.97 Å². The van der Waals surface area contributed by atoms with Crippen LogP contribution in [0.4, 0.5) is 5.82 Å². The lowest BCUT2D eigenvalue weighted by Crippen LogP contribution is -2.18. The van der Waals surface area contributed by atoms with Crippen molar-refractivity contribution in [3.63, 3.8) is 0 Å². The third-order valence-electron chi connectivity index (χ3n) is 2.85. The standard InChI is InChI=1S/C14H17IN4/c1-8-7-17-6-5-9(8)13-18-11(14(2,3)4)10(15)12(16)19-13/h5-7H,1-4H3,(H2,16,18,19). The predicted molar refractivity (Wildman–Crippen MR) is 85.8 cm³/mol. The first-order valence-corrected chi connectivity index (χ1v) is 7.13. The first-order valence-electron chi connectivity index (χ1n) is 6.05. The number of hydrogen-bond acceptors (Lipinski definition) is 4. The molecule has 0 aliphatic rings. The summed E-state index contributed by atoms with van der Waals surface area (Å²) >= 11 is 2.21. The Bertz CT molecular complexity index is 617. The maximum Gasteiger partial charge on any atom is 0.162 e. The summed E-state index contributed by atoms with van der Waals surface area (Å²) in [4.78, 5) is 13.2. The van der Waals surface area contributed by atoms with Gasteiger partial charge >= 0.3 is 0 Å². The predicted octanol–water partition coefficient (Wildman–Crippen LogP) is 3.33. The molecular weight excluding hydrogens is 351 g/mol. The Morgan fingerprint density at radius 2 is 1.89 bits per heavy atom. The first-order chi connectivity index (χ1) is 8.80. The van der Waals surface area contributed by atoms with Gasteiger partial charge in [0.05, 0.1) is 9.26 Å². The molecule has 0 spiro atoms. The van der Waals surface area contributed by atoms with Crippen LogP contribution in [-0.4, -0.2) is 15.0 Å². The van der Waals surface area contributed by atoms with Gasteiger partial charge < -0.3 is 5.73 Å². The van der Waals surface area contributed by atoms with E-state index in [1.807, 2.05) is 19.2 Å². The number of nitrogen functional groups attached to an aromatic ring is 1. The van der Waals surface area contributed by atoms with Gasteiger partial charge in [-0.05, 0) is 41.1 Å². The van der Waals surface area contributed by atoms with Gasteiger partial charge in [0.2, 0.25) is 0 Å². The van der Waals surface area contributed by atoms with Gasteiger partial charge in [-0.1, -0.05) is 20.8 Å². The van der Waals surface area contributed by atoms with Crippen molar-refractivity contribution < 1.29 is 0 Å². The second-order valence-corrected chi connectivity index (χ2v) is 6.61. The van der Waals surface area contributed by atoms with Gasteiger partial charge in [-0.15, -0.1) is 0 Å². The van der Waals surface area contributed by atoms with Crippen molar-refractivity contribution in [1.82, 2.24) is 15.0 Å². The molecule has 100 valence electrons. The summed E-state index contributed by atoms with van der Waals surface area (Å²) in [6.07, 6.45) is 3.56. The molecule has 0 aromatic carbocycles. The Morgan fingerprint density at radius 3 is 2.47 bits per heavy atom. The zero-order chi connectivity index (χ0) is 14.2. The monoisotopic (exact) mass is 368 g/mol. The molecule has 0 saturated heterocycles. The highest BCUT2D eigenvalue weighted by Crippen LogP contribution is 2.30. The van der Waals surface area contributed by atoms with Crippen molar-refractivity contribution in [2.75, 3.05) is 5.73 Å². The maximum absolute atomic E-state index is 6.03. The number of rotatable bonds is 1. The highest BCUT2D eigenvalue weighted by atomic mass is 127. The van der Waals surface area contributed by atoms with Crippen molar-refractivity contribution in [2.24, 2.45) is 0 Å². The first kappa shape index (κ1) is 14.2. The molecule has 0 aliphatic carbocycles. The molecule has 2 rings (SSSR count). The second kappa shape index (κ2) is 5.03. The highest BCUT2D eigenvalue weighted by Gasteiger charge is 2.23. The van der Waals surface area contributed by atoms with Gasteiger partial charge in [-0.2, -0.15) is 0 Å². The van der Waals surface area contributed by atoms with Crippen LogP contribution in [0.1, 0.15) is 32.0 Å². The average Bonchev–Trinajstić information content (AvgIpc) is 2.31. The van der Waals surface area contributed by atoms with E-state index < -0.39 is 0 Å². The molecule has 4 nitrogen and oxygen atoms in total. The molecule has 2 N–H and O–H groups in total. The van der Waals surface area contributed by atoms with Crippen molar-refractivity contribution in [2.45, 2.75) is 33.1 Å². The molecule has 0 aliphatic heterocycles. The summed E-state index contributed by atoms with van der Waals surface area (Å²) in [5, 5.41) is 0. The van der Waals surface area contributed by atoms with E-state index in [1.54, 1.807) is 6.20 Å². The molecule has 0 bridgehead atoms. The zero-order valence-corrected chi connectivity index (χ0v) is 13.7. The fraction of sp³-hybridized carbons (Fsp3) is 0.357. The Morgan fingerprint density at radius 1 is 1.21 bits per heavy atom. The average molecular weight is 368 g/mol. The molecule has 2 heterocycles. The molecule has 0 amide bonds. The number of pyridine rings is 1. The number of hydrogen-bond donors (Lipinski definition) is 1. The normalized spacial score (nSPS) is 11.6. The van der Waals surface area contributed by atoms with Crippen molar-refractivity contribution in [3.8, 4) is 11.4 Å². The lowest BCUT2D eigenvalue weighted by Gasteiger charge is -2.21. The lowest BCUT2D eigenvalue weighted by molar-refractivity contribution is 0.564. The van der Waals surface area contributed by atoms with E-state index in [4.69, 9.17) is 10.7 Å². The van der Waals surface area contributed by atoms with E-state index >= 15 is 0 Å². The number of aromatic nitrogens is 3. The fourth-order valence-corrected chi connectivity index (χ4v) is 2.86. The number of nitrogens with zero attached hydrogens (tertiary/aromatic N) is 3. The molecular formula is C14H17IN4. The van der Waals surface area contributed by atoms with E-state index in [1.165, 1.54) is 0 Å². The van der Waals surface area contributed by atoms with Crippen LogP contribution in [0.5, 0.6) is 0 Å². The van der Waals surface area contributed by atoms with Crippen LogP contribution in [-0.2, 0) is 5.41 Å². The van der Waals surface area contributed by atoms with Crippen LogP contribution >= 0.6 is 22.6 Å². The van der Waals surface area contributed by atoms with Gasteiger partial charge in [0, 0.05) is 23.4 Å². The van der Waals surface area contributed by atoms with E-state index in [0.717, 1.165) is 20.4 Å². The molecule has 5 heteroatoms. The quantitative estimate of drug-likeness (QED) is 0.785. The van der Waals surface area contributed by atoms with Gasteiger partial charge in [0.25, 0.3) is 0 Å². The summed E-state index contributed by atoms with van der Waals surface area (Å²) in [5.74, 6) is 1.20. The van der Waals surface area contributed by atoms with Crippen molar-refractivity contribution in [3.05, 3.63) is 33.3 Å². The van der Waals surface area contributed by atoms with Gasteiger partial charge in [0.15, 0.2) is 5.82 Å². The SMILES string of the molecule is Cc1cnccc1-c1nc(N)c(I)c(C(C)(C)C)n1. The summed E-state index contributed by atoms with van der Waals surface area (Å²) in [5.41, 5.74) is 8.96. The van der Waals surface area contributed by atoms with Crippen LogP contribution < -0.4 is 5.73 Å². The van der Waals surface area contributed by atoms with E-state index in [0.29, 0.717) is 11.6 Å². The number of halogens is 1. The van der Waals surface area contributed by atoms with Crippen LogP contribution in [0.2, 0.25) is 0 Å². The zero-order valence-electron chi connectivity index (χ0n) is 11.5. The molecule has 0 fully saturated rings. The minimum atomic E-state index is -0.0662. The smallest absolute Gasteiger partial charge is 0.162 e. The molecule has 2 aromatic heterocycles. The minimum Gasteiger partial charge on any atom is -0.383 e. The minimum absolute atomic E-state index is 0.0662. The van der Waals surface area contributed by atoms with Gasteiger partial charge in [-0.3, -0.25) is 4.98 Å². The molecule has 0 atom stereocenters. The molecule has 19 heavy (non-hydrogen) atoms. The summed E-state index contributed by atoms with van der Waals surface area (Å²) < 4.78 is 0.931. The number of nitrogens with two attached hydrogens (primary N) is 1. The van der Waals surface area contributed by atoms with Gasteiger partial charge in [0.1, 0.15) is 5.82 Å². The summed E-state index contributed by atoms with van der Waals surface area (Å²) in [7, 11) is 0. The fourth-order valence-electron chi connectivity index (χ4n) is 1.81. The number of anilines is 1. The van der Waals surface area contributed by atoms with Crippen LogP contribution in [0.15, 0.2) is 18.5 Å². The molecule has 0 radical (unpaired) electrons. The van der Waals surface area contributed by atoms with E-state index in [2.05, 4.69) is 53.3 Å². The van der Waals surface area contributed by atoms with Crippen molar-refractivity contribution in [1.29, 1.82) is 0 Å². The van der Waals surface area contributed by atoms with E-state index in [-0.39, 0.29) is 5.41 Å². The third kappa shape index (κ3) is 2.86. The second-order valence-electron chi connectivity index (χ2n) is 5.54. The van der Waals surface area contributed by atoms with Crippen LogP contribution in [0.25, 0.3) is 11.4 Å². The largest absolute Gasteiger partial charge is 0.383 e. The number of aryl methyl sites for hydroxylation is 1. The van der Waals surface area contributed by atoms with E-state index in [9.17, 15) is 0 Å². The summed E-state index contributed by atoms with van der Waals surface area (Å²) in [6, 6.07) is 1.92. The Hall–Kier alpha value is -1.24. The lowest BCUT2D eigenvalue weighted by atomic mass is 9.91. The van der Waals surface area contributed by atoms with Crippen molar-refractivity contribution >= 4 is 28.4 Å². The Labute approximate surface area is 127 Å². The topological polar surface area (TPSA) is 64.7 Å². The molecule has 2 aromatic rings. The summed E-state index contributed by atoms with van der Waals surface area (Å²) in [6.45, 7) is 8.37. The molecule has 0 unspecified atom stereocenters. The molecule has 0 saturated carbocycles. The Kier molecular flexibility index (Phi) is 3.75. The maximum atomic E-state index is 6.03. The van der Waals surface area contributed by atoms with Crippen LogP contribution in [0, 0.1) is 10.5 Å². The highest BCUT2D eigenvalue weighted by molar-refractivity contribution is 14.1. The van der Waals surface area contributed by atoms with Crippen LogP contribution in [0.3, 0.4) is 0 Å².